The molecule has 6 rings (SSSR count). The predicted molar refractivity (Wildman–Crippen MR) is 151 cm³/mol. The third kappa shape index (κ3) is 5.18. The number of ether oxygens (including phenoxy) is 1. The Kier molecular flexibility index (Phi) is 7.21. The van der Waals surface area contributed by atoms with Crippen LogP contribution in [0.25, 0.3) is 0 Å². The number of anilines is 4. The van der Waals surface area contributed by atoms with Crippen LogP contribution in [-0.4, -0.2) is 84.5 Å². The van der Waals surface area contributed by atoms with E-state index in [1.807, 2.05) is 0 Å². The molecule has 4 aliphatic rings. The van der Waals surface area contributed by atoms with Gasteiger partial charge in [-0.25, -0.2) is 4.98 Å². The average molecular weight is 570 g/mol. The van der Waals surface area contributed by atoms with Gasteiger partial charge in [0.05, 0.1) is 25.5 Å². The van der Waals surface area contributed by atoms with E-state index in [1.165, 1.54) is 33.2 Å². The van der Waals surface area contributed by atoms with Gasteiger partial charge in [0.1, 0.15) is 11.4 Å². The maximum absolute atomic E-state index is 14.9. The van der Waals surface area contributed by atoms with Crippen LogP contribution in [0.15, 0.2) is 24.4 Å². The molecule has 10 nitrogen and oxygen atoms in total. The highest BCUT2D eigenvalue weighted by atomic mass is 19.3. The lowest BCUT2D eigenvalue weighted by Gasteiger charge is -2.36. The molecule has 1 saturated carbocycles. The zero-order valence-electron chi connectivity index (χ0n) is 23.7. The third-order valence-electron chi connectivity index (χ3n) is 9.28. The summed E-state index contributed by atoms with van der Waals surface area (Å²) in [6.07, 6.45) is 9.07. The number of amides is 2. The van der Waals surface area contributed by atoms with Crippen molar-refractivity contribution in [3.8, 4) is 5.75 Å². The number of carbonyl (C=O) groups excluding carboxylic acids is 2. The van der Waals surface area contributed by atoms with Crippen LogP contribution in [0.1, 0.15) is 61.7 Å². The molecule has 3 aliphatic heterocycles. The van der Waals surface area contributed by atoms with E-state index >= 15 is 0 Å². The van der Waals surface area contributed by atoms with E-state index in [1.54, 1.807) is 23.1 Å². The van der Waals surface area contributed by atoms with Gasteiger partial charge in [-0.2, -0.15) is 13.8 Å². The lowest BCUT2D eigenvalue weighted by atomic mass is 9.97. The predicted octanol–water partition coefficient (Wildman–Crippen LogP) is 3.94. The van der Waals surface area contributed by atoms with Crippen LogP contribution in [0.3, 0.4) is 0 Å². The minimum atomic E-state index is -3.54. The molecule has 1 aromatic carbocycles. The van der Waals surface area contributed by atoms with E-state index in [0.29, 0.717) is 34.9 Å². The lowest BCUT2D eigenvalue weighted by Crippen LogP contribution is -2.48. The number of nitrogens with one attached hydrogen (secondary N) is 2. The van der Waals surface area contributed by atoms with Gasteiger partial charge in [-0.15, -0.1) is 0 Å². The fourth-order valence-corrected chi connectivity index (χ4v) is 6.96. The van der Waals surface area contributed by atoms with Gasteiger partial charge in [0.25, 0.3) is 11.8 Å². The average Bonchev–Trinajstić information content (AvgIpc) is 3.54. The van der Waals surface area contributed by atoms with E-state index in [9.17, 15) is 18.4 Å². The summed E-state index contributed by atoms with van der Waals surface area (Å²) in [4.78, 5) is 39.5. The fourth-order valence-electron chi connectivity index (χ4n) is 6.96. The van der Waals surface area contributed by atoms with Crippen LogP contribution in [-0.2, 0) is 4.79 Å². The van der Waals surface area contributed by atoms with Gasteiger partial charge in [-0.05, 0) is 63.8 Å². The first-order valence-electron chi connectivity index (χ1n) is 14.4. The number of nitrogens with zero attached hydrogens (tertiary/aromatic N) is 5. The van der Waals surface area contributed by atoms with E-state index in [-0.39, 0.29) is 29.6 Å². The highest BCUT2D eigenvalue weighted by molar-refractivity contribution is 6.02. The number of benzene rings is 1. The molecule has 0 spiro atoms. The standard InChI is InChI=1S/C29H37F2N7O3/c1-36-20-9-10-21(36)14-18(13-20)33-26(39)17-8-11-22(24(12-17)41-3)34-28-32-15-23-25(35-28)38(19-6-4-5-7-19)16-29(30,31)27(40)37(23)2/h8,11-12,15,18-21H,4-7,9-10,13-14,16H2,1-3H3,(H,33,39)(H,32,34,35)/t18?,20-,21+. The lowest BCUT2D eigenvalue weighted by molar-refractivity contribution is -0.140. The van der Waals surface area contributed by atoms with Crippen molar-refractivity contribution in [1.82, 2.24) is 20.2 Å². The molecule has 1 aromatic heterocycles. The number of carbonyl (C=O) groups is 2. The topological polar surface area (TPSA) is 103 Å². The largest absolute Gasteiger partial charge is 0.495 e. The molecule has 0 radical (unpaired) electrons. The Hall–Kier alpha value is -3.54. The summed E-state index contributed by atoms with van der Waals surface area (Å²) >= 11 is 0. The van der Waals surface area contributed by atoms with Crippen molar-refractivity contribution in [2.45, 2.75) is 81.5 Å². The SMILES string of the molecule is COc1cc(C(=O)NC2C[C@H]3CC[C@@H](C2)N3C)ccc1Nc1ncc2c(n1)N(C1CCCC1)CC(F)(F)C(=O)N2C. The van der Waals surface area contributed by atoms with Crippen LogP contribution < -0.4 is 25.2 Å². The highest BCUT2D eigenvalue weighted by Crippen LogP contribution is 2.40. The van der Waals surface area contributed by atoms with Gasteiger partial charge >= 0.3 is 5.92 Å². The van der Waals surface area contributed by atoms with Gasteiger partial charge in [0.2, 0.25) is 5.95 Å². The Balaban J connectivity index is 1.23. The van der Waals surface area contributed by atoms with Gasteiger partial charge < -0.3 is 30.1 Å². The number of alkyl halides is 2. The number of rotatable bonds is 6. The monoisotopic (exact) mass is 569 g/mol. The summed E-state index contributed by atoms with van der Waals surface area (Å²) in [5.41, 5.74) is 1.25. The Labute approximate surface area is 238 Å². The summed E-state index contributed by atoms with van der Waals surface area (Å²) in [7, 11) is 5.01. The molecule has 12 heteroatoms. The molecule has 2 saturated heterocycles. The number of hydrogen-bond donors (Lipinski definition) is 2. The van der Waals surface area contributed by atoms with Gasteiger partial charge in [-0.1, -0.05) is 12.8 Å². The zero-order chi connectivity index (χ0) is 28.9. The van der Waals surface area contributed by atoms with Crippen LogP contribution in [0.2, 0.25) is 0 Å². The van der Waals surface area contributed by atoms with Gasteiger partial charge in [-0.3, -0.25) is 9.59 Å². The van der Waals surface area contributed by atoms with Crippen LogP contribution in [0.5, 0.6) is 5.75 Å². The zero-order valence-corrected chi connectivity index (χ0v) is 23.7. The summed E-state index contributed by atoms with van der Waals surface area (Å²) in [6, 6.07) is 6.17. The first-order valence-corrected chi connectivity index (χ1v) is 14.4. The maximum Gasteiger partial charge on any atom is 0.342 e. The van der Waals surface area contributed by atoms with Crippen molar-refractivity contribution >= 4 is 35.0 Å². The molecule has 2 aromatic rings. The molecule has 2 N–H and O–H groups in total. The summed E-state index contributed by atoms with van der Waals surface area (Å²) in [5, 5.41) is 6.32. The third-order valence-corrected chi connectivity index (χ3v) is 9.28. The second kappa shape index (κ2) is 10.7. The van der Waals surface area contributed by atoms with Crippen molar-refractivity contribution in [2.24, 2.45) is 0 Å². The van der Waals surface area contributed by atoms with Gasteiger partial charge in [0, 0.05) is 36.8 Å². The summed E-state index contributed by atoms with van der Waals surface area (Å²) < 4.78 is 35.4. The van der Waals surface area contributed by atoms with Crippen molar-refractivity contribution in [2.75, 3.05) is 42.9 Å². The summed E-state index contributed by atoms with van der Waals surface area (Å²) in [5.74, 6) is -4.07. The van der Waals surface area contributed by atoms with E-state index in [0.717, 1.165) is 43.4 Å². The molecule has 3 fully saturated rings. The van der Waals surface area contributed by atoms with Crippen LogP contribution >= 0.6 is 0 Å². The minimum Gasteiger partial charge on any atom is -0.495 e. The number of fused-ring (bicyclic) bond motifs is 3. The minimum absolute atomic E-state index is 0.131. The van der Waals surface area contributed by atoms with Crippen molar-refractivity contribution in [1.29, 1.82) is 0 Å². The number of aromatic nitrogens is 2. The summed E-state index contributed by atoms with van der Waals surface area (Å²) in [6.45, 7) is -0.726. The molecule has 1 unspecified atom stereocenters. The molecule has 1 aliphatic carbocycles. The number of hydrogen-bond acceptors (Lipinski definition) is 8. The van der Waals surface area contributed by atoms with Crippen molar-refractivity contribution in [3.63, 3.8) is 0 Å². The van der Waals surface area contributed by atoms with Crippen LogP contribution in [0.4, 0.5) is 31.9 Å². The van der Waals surface area contributed by atoms with E-state index < -0.39 is 18.4 Å². The molecule has 3 atom stereocenters. The number of halogens is 2. The Morgan fingerprint density at radius 1 is 1.07 bits per heavy atom. The van der Waals surface area contributed by atoms with Crippen molar-refractivity contribution < 1.29 is 23.1 Å². The number of piperidine rings is 1. The molecule has 2 amide bonds. The normalized spacial score (nSPS) is 26.1. The van der Waals surface area contributed by atoms with Gasteiger partial charge in [0.15, 0.2) is 5.82 Å². The first kappa shape index (κ1) is 27.6. The second-order valence-electron chi connectivity index (χ2n) is 11.8. The smallest absolute Gasteiger partial charge is 0.342 e. The highest BCUT2D eigenvalue weighted by Gasteiger charge is 2.49. The van der Waals surface area contributed by atoms with E-state index in [2.05, 4.69) is 32.5 Å². The van der Waals surface area contributed by atoms with E-state index in [4.69, 9.17) is 4.74 Å². The number of methoxy groups -OCH3 is 1. The molecule has 4 heterocycles. The Morgan fingerprint density at radius 3 is 2.46 bits per heavy atom. The Bertz CT molecular complexity index is 1320. The van der Waals surface area contributed by atoms with Crippen LogP contribution in [0, 0.1) is 0 Å². The molecule has 220 valence electrons. The van der Waals surface area contributed by atoms with Crippen molar-refractivity contribution in [3.05, 3.63) is 30.0 Å². The molecular formula is C29H37F2N7O3. The quantitative estimate of drug-likeness (QED) is 0.540. The fraction of sp³-hybridized carbons (Fsp3) is 0.586. The molecule has 41 heavy (non-hydrogen) atoms. The second-order valence-corrected chi connectivity index (χ2v) is 11.8. The molecular weight excluding hydrogens is 532 g/mol. The maximum atomic E-state index is 14.9. The first-order chi connectivity index (χ1) is 19.6. The Morgan fingerprint density at radius 2 is 1.78 bits per heavy atom. The molecule has 2 bridgehead atoms.